The normalized spacial score (nSPS) is 12.4. The highest BCUT2D eigenvalue weighted by atomic mass is 14.9. The zero-order valence-corrected chi connectivity index (χ0v) is 7.20. The van der Waals surface area contributed by atoms with Crippen LogP contribution in [-0.4, -0.2) is 17.0 Å². The number of rotatable bonds is 4. The highest BCUT2D eigenvalue weighted by Gasteiger charge is 2.05. The first-order valence-electron chi connectivity index (χ1n) is 3.91. The van der Waals surface area contributed by atoms with E-state index in [1.807, 2.05) is 25.5 Å². The van der Waals surface area contributed by atoms with Gasteiger partial charge in [-0.1, -0.05) is 6.08 Å². The van der Waals surface area contributed by atoms with Crippen LogP contribution < -0.4 is 5.32 Å². The minimum Gasteiger partial charge on any atom is -0.313 e. The lowest BCUT2D eigenvalue weighted by atomic mass is 10.1. The van der Waals surface area contributed by atoms with E-state index < -0.39 is 0 Å². The maximum absolute atomic E-state index is 3.95. The largest absolute Gasteiger partial charge is 0.313 e. The number of hydrogen-bond acceptors (Lipinski definition) is 3. The number of nitrogens with zero attached hydrogens (tertiary/aromatic N) is 2. The molecule has 0 aliphatic carbocycles. The molecule has 0 aromatic carbocycles. The highest BCUT2D eigenvalue weighted by molar-refractivity contribution is 5.10. The Morgan fingerprint density at radius 3 is 2.75 bits per heavy atom. The molecule has 0 amide bonds. The lowest BCUT2D eigenvalue weighted by Gasteiger charge is -2.12. The molecule has 0 aliphatic rings. The molecule has 1 unspecified atom stereocenters. The van der Waals surface area contributed by atoms with Gasteiger partial charge in [-0.05, 0) is 13.5 Å². The molecule has 12 heavy (non-hydrogen) atoms. The summed E-state index contributed by atoms with van der Waals surface area (Å²) in [5, 5.41) is 3.17. The first kappa shape index (κ1) is 8.87. The van der Waals surface area contributed by atoms with E-state index in [0.717, 1.165) is 12.0 Å². The molecule has 1 heterocycles. The summed E-state index contributed by atoms with van der Waals surface area (Å²) in [5.41, 5.74) is 1.10. The van der Waals surface area contributed by atoms with E-state index in [1.54, 1.807) is 0 Å². The number of aromatic nitrogens is 2. The van der Waals surface area contributed by atoms with Crippen molar-refractivity contribution >= 4 is 0 Å². The molecule has 64 valence electrons. The summed E-state index contributed by atoms with van der Waals surface area (Å²) in [6.45, 7) is 3.69. The second-order valence-electron chi connectivity index (χ2n) is 2.54. The molecular weight excluding hydrogens is 150 g/mol. The van der Waals surface area contributed by atoms with Crippen LogP contribution in [0, 0.1) is 0 Å². The van der Waals surface area contributed by atoms with Gasteiger partial charge in [-0.25, -0.2) is 9.97 Å². The van der Waals surface area contributed by atoms with E-state index in [4.69, 9.17) is 0 Å². The molecule has 1 aromatic rings. The van der Waals surface area contributed by atoms with Gasteiger partial charge in [0.05, 0.1) is 0 Å². The summed E-state index contributed by atoms with van der Waals surface area (Å²) in [6.07, 6.45) is 7.94. The van der Waals surface area contributed by atoms with Crippen LogP contribution in [0.25, 0.3) is 0 Å². The Morgan fingerprint density at radius 2 is 2.25 bits per heavy atom. The first-order valence-corrected chi connectivity index (χ1v) is 3.91. The van der Waals surface area contributed by atoms with Crippen molar-refractivity contribution in [3.63, 3.8) is 0 Å². The van der Waals surface area contributed by atoms with Crippen LogP contribution >= 0.6 is 0 Å². The lowest BCUT2D eigenvalue weighted by molar-refractivity contribution is 0.598. The van der Waals surface area contributed by atoms with Crippen molar-refractivity contribution in [3.05, 3.63) is 36.9 Å². The molecule has 0 bridgehead atoms. The molecule has 3 heteroatoms. The first-order chi connectivity index (χ1) is 5.88. The fourth-order valence-electron chi connectivity index (χ4n) is 1.08. The maximum Gasteiger partial charge on any atom is 0.115 e. The minimum absolute atomic E-state index is 0.281. The SMILES string of the molecule is C=CCC(NC)c1cncnc1. The van der Waals surface area contributed by atoms with Gasteiger partial charge in [0.25, 0.3) is 0 Å². The fourth-order valence-corrected chi connectivity index (χ4v) is 1.08. The number of hydrogen-bond donors (Lipinski definition) is 1. The van der Waals surface area contributed by atoms with Crippen molar-refractivity contribution in [1.82, 2.24) is 15.3 Å². The van der Waals surface area contributed by atoms with Gasteiger partial charge in [0.1, 0.15) is 6.33 Å². The number of nitrogens with one attached hydrogen (secondary N) is 1. The molecule has 0 spiro atoms. The summed E-state index contributed by atoms with van der Waals surface area (Å²) >= 11 is 0. The Hall–Kier alpha value is -1.22. The Balaban J connectivity index is 2.72. The maximum atomic E-state index is 3.95. The Kier molecular flexibility index (Phi) is 3.41. The van der Waals surface area contributed by atoms with E-state index in [9.17, 15) is 0 Å². The summed E-state index contributed by atoms with van der Waals surface area (Å²) in [7, 11) is 1.92. The lowest BCUT2D eigenvalue weighted by Crippen LogP contribution is -2.15. The molecule has 1 rings (SSSR count). The topological polar surface area (TPSA) is 37.8 Å². The van der Waals surface area contributed by atoms with E-state index in [1.165, 1.54) is 6.33 Å². The average Bonchev–Trinajstić information content (AvgIpc) is 2.15. The van der Waals surface area contributed by atoms with Crippen molar-refractivity contribution < 1.29 is 0 Å². The zero-order chi connectivity index (χ0) is 8.81. The molecule has 1 N–H and O–H groups in total. The van der Waals surface area contributed by atoms with Gasteiger partial charge in [-0.2, -0.15) is 0 Å². The smallest absolute Gasteiger partial charge is 0.115 e. The monoisotopic (exact) mass is 163 g/mol. The minimum atomic E-state index is 0.281. The summed E-state index contributed by atoms with van der Waals surface area (Å²) in [5.74, 6) is 0. The molecule has 0 aliphatic heterocycles. The van der Waals surface area contributed by atoms with Gasteiger partial charge in [-0.15, -0.1) is 6.58 Å². The van der Waals surface area contributed by atoms with Crippen molar-refractivity contribution in [2.45, 2.75) is 12.5 Å². The predicted molar refractivity (Wildman–Crippen MR) is 48.6 cm³/mol. The molecule has 0 radical (unpaired) electrons. The molecular formula is C9H13N3. The Bertz CT molecular complexity index is 233. The highest BCUT2D eigenvalue weighted by Crippen LogP contribution is 2.13. The Labute approximate surface area is 72.6 Å². The fraction of sp³-hybridized carbons (Fsp3) is 0.333. The molecule has 0 saturated heterocycles. The van der Waals surface area contributed by atoms with Gasteiger partial charge in [-0.3, -0.25) is 0 Å². The third kappa shape index (κ3) is 2.13. The van der Waals surface area contributed by atoms with Crippen molar-refractivity contribution in [2.75, 3.05) is 7.05 Å². The van der Waals surface area contributed by atoms with Crippen molar-refractivity contribution in [2.24, 2.45) is 0 Å². The van der Waals surface area contributed by atoms with E-state index in [-0.39, 0.29) is 6.04 Å². The third-order valence-corrected chi connectivity index (χ3v) is 1.73. The van der Waals surface area contributed by atoms with Crippen LogP contribution in [0.2, 0.25) is 0 Å². The summed E-state index contributed by atoms with van der Waals surface area (Å²) < 4.78 is 0. The summed E-state index contributed by atoms with van der Waals surface area (Å²) in [6, 6.07) is 0.281. The van der Waals surface area contributed by atoms with E-state index in [2.05, 4.69) is 21.9 Å². The zero-order valence-electron chi connectivity index (χ0n) is 7.20. The van der Waals surface area contributed by atoms with Crippen LogP contribution in [-0.2, 0) is 0 Å². The molecule has 1 aromatic heterocycles. The van der Waals surface area contributed by atoms with Crippen molar-refractivity contribution in [3.8, 4) is 0 Å². The predicted octanol–water partition coefficient (Wildman–Crippen LogP) is 1.31. The van der Waals surface area contributed by atoms with Gasteiger partial charge >= 0.3 is 0 Å². The Morgan fingerprint density at radius 1 is 1.58 bits per heavy atom. The molecule has 3 nitrogen and oxygen atoms in total. The van der Waals surface area contributed by atoms with Gasteiger partial charge in [0.15, 0.2) is 0 Å². The summed E-state index contributed by atoms with van der Waals surface area (Å²) in [4.78, 5) is 7.90. The quantitative estimate of drug-likeness (QED) is 0.680. The van der Waals surface area contributed by atoms with E-state index >= 15 is 0 Å². The standard InChI is InChI=1S/C9H13N3/c1-3-4-9(10-2)8-5-11-7-12-6-8/h3,5-7,9-10H,1,4H2,2H3. The van der Waals surface area contributed by atoms with Crippen LogP contribution in [0.15, 0.2) is 31.4 Å². The molecule has 1 atom stereocenters. The molecule has 0 saturated carbocycles. The van der Waals surface area contributed by atoms with Crippen molar-refractivity contribution in [1.29, 1.82) is 0 Å². The van der Waals surface area contributed by atoms with Gasteiger partial charge < -0.3 is 5.32 Å². The second-order valence-corrected chi connectivity index (χ2v) is 2.54. The van der Waals surface area contributed by atoms with Crippen LogP contribution in [0.1, 0.15) is 18.0 Å². The van der Waals surface area contributed by atoms with Crippen LogP contribution in [0.4, 0.5) is 0 Å². The molecule has 0 fully saturated rings. The van der Waals surface area contributed by atoms with Gasteiger partial charge in [0.2, 0.25) is 0 Å². The van der Waals surface area contributed by atoms with Crippen LogP contribution in [0.5, 0.6) is 0 Å². The van der Waals surface area contributed by atoms with Crippen LogP contribution in [0.3, 0.4) is 0 Å². The average molecular weight is 163 g/mol. The van der Waals surface area contributed by atoms with E-state index in [0.29, 0.717) is 0 Å². The van der Waals surface area contributed by atoms with Gasteiger partial charge in [0, 0.05) is 24.0 Å². The second kappa shape index (κ2) is 4.62. The third-order valence-electron chi connectivity index (χ3n) is 1.73.